The van der Waals surface area contributed by atoms with Gasteiger partial charge in [-0.25, -0.2) is 33.4 Å². The highest BCUT2D eigenvalue weighted by molar-refractivity contribution is 6.07. The molecule has 1 amide bonds. The van der Waals surface area contributed by atoms with Gasteiger partial charge in [-0.05, 0) is 18.9 Å². The third-order valence-corrected chi connectivity index (χ3v) is 4.14. The fraction of sp³-hybridized carbons (Fsp3) is 0.250. The highest BCUT2D eigenvalue weighted by Gasteiger charge is 2.47. The monoisotopic (exact) mass is 383 g/mol. The van der Waals surface area contributed by atoms with Gasteiger partial charge < -0.3 is 5.32 Å². The molecule has 1 fully saturated rings. The summed E-state index contributed by atoms with van der Waals surface area (Å²) in [6, 6.07) is 3.06. The van der Waals surface area contributed by atoms with E-state index in [1.54, 1.807) is 5.43 Å². The predicted octanol–water partition coefficient (Wildman–Crippen LogP) is 1.91. The summed E-state index contributed by atoms with van der Waals surface area (Å²) in [5.41, 5.74) is -0.435. The number of anilines is 1. The second-order valence-corrected chi connectivity index (χ2v) is 5.93. The van der Waals surface area contributed by atoms with Crippen molar-refractivity contribution in [2.45, 2.75) is 24.8 Å². The van der Waals surface area contributed by atoms with Crippen molar-refractivity contribution in [2.24, 2.45) is 5.84 Å². The van der Waals surface area contributed by atoms with Crippen molar-refractivity contribution in [3.8, 4) is 0 Å². The second-order valence-electron chi connectivity index (χ2n) is 5.93. The summed E-state index contributed by atoms with van der Waals surface area (Å²) in [4.78, 5) is 30.9. The minimum absolute atomic E-state index is 0.151. The van der Waals surface area contributed by atoms with Crippen LogP contribution in [0.15, 0.2) is 24.4 Å². The van der Waals surface area contributed by atoms with E-state index < -0.39 is 46.5 Å². The average molecular weight is 383 g/mol. The highest BCUT2D eigenvalue weighted by Crippen LogP contribution is 2.48. The number of amides is 1. The third kappa shape index (κ3) is 3.58. The maximum Gasteiger partial charge on any atom is 0.302 e. The Bertz CT molecular complexity index is 918. The molecule has 1 saturated carbocycles. The summed E-state index contributed by atoms with van der Waals surface area (Å²) in [6.07, 6.45) is -1.64. The zero-order chi connectivity index (χ0) is 19.8. The fourth-order valence-electron chi connectivity index (χ4n) is 2.66. The third-order valence-electron chi connectivity index (χ3n) is 4.14. The first-order chi connectivity index (χ1) is 12.8. The fourth-order valence-corrected chi connectivity index (χ4v) is 2.66. The number of carbonyl (C=O) groups excluding carboxylic acids is 2. The van der Waals surface area contributed by atoms with Crippen LogP contribution in [0.4, 0.5) is 23.5 Å². The van der Waals surface area contributed by atoms with Gasteiger partial charge in [-0.15, -0.1) is 0 Å². The summed E-state index contributed by atoms with van der Waals surface area (Å²) in [5, 5.41) is 2.78. The van der Waals surface area contributed by atoms with Crippen LogP contribution in [0.1, 0.15) is 39.3 Å². The van der Waals surface area contributed by atoms with Crippen LogP contribution in [0.25, 0.3) is 0 Å². The number of carbonyl (C=O) groups is 2. The van der Waals surface area contributed by atoms with Crippen molar-refractivity contribution in [2.75, 3.05) is 5.32 Å². The molecule has 0 unspecified atom stereocenters. The van der Waals surface area contributed by atoms with Gasteiger partial charge >= 0.3 is 6.43 Å². The molecule has 0 bridgehead atoms. The minimum Gasteiger partial charge on any atom is -0.345 e. The summed E-state index contributed by atoms with van der Waals surface area (Å²) >= 11 is 0. The molecule has 27 heavy (non-hydrogen) atoms. The number of aromatic nitrogens is 2. The van der Waals surface area contributed by atoms with Crippen LogP contribution in [0.3, 0.4) is 0 Å². The molecule has 1 aromatic carbocycles. The summed E-state index contributed by atoms with van der Waals surface area (Å²) in [5.74, 6) is 0.471. The maximum absolute atomic E-state index is 14.1. The van der Waals surface area contributed by atoms with Gasteiger partial charge in [-0.3, -0.25) is 15.0 Å². The molecule has 2 aromatic rings. The number of rotatable bonds is 6. The van der Waals surface area contributed by atoms with Crippen LogP contribution < -0.4 is 16.6 Å². The molecule has 142 valence electrons. The van der Waals surface area contributed by atoms with Gasteiger partial charge in [0.1, 0.15) is 17.3 Å². The predicted molar refractivity (Wildman–Crippen MR) is 84.9 cm³/mol. The molecule has 0 saturated heterocycles. The molecule has 0 atom stereocenters. The van der Waals surface area contributed by atoms with Gasteiger partial charge in [-0.2, -0.15) is 0 Å². The lowest BCUT2D eigenvalue weighted by atomic mass is 10.0. The Morgan fingerprint density at radius 1 is 1.22 bits per heavy atom. The smallest absolute Gasteiger partial charge is 0.302 e. The molecule has 1 aromatic heterocycles. The maximum atomic E-state index is 14.1. The number of ketones is 1. The Balaban J connectivity index is 1.97. The Morgan fingerprint density at radius 3 is 2.48 bits per heavy atom. The van der Waals surface area contributed by atoms with Crippen LogP contribution in [0.2, 0.25) is 0 Å². The van der Waals surface area contributed by atoms with E-state index in [4.69, 9.17) is 5.84 Å². The van der Waals surface area contributed by atoms with E-state index in [2.05, 4.69) is 15.3 Å². The number of nitrogens with one attached hydrogen (secondary N) is 2. The second kappa shape index (κ2) is 6.91. The van der Waals surface area contributed by atoms with Gasteiger partial charge in [0.2, 0.25) is 11.7 Å². The number of nitrogens with two attached hydrogens (primary N) is 1. The SMILES string of the molecule is NNC(=O)c1cnc(NC2(c3ccc(F)cc3F)CC2)nc1C(=O)C(F)F. The Labute approximate surface area is 150 Å². The van der Waals surface area contributed by atoms with E-state index in [0.29, 0.717) is 12.8 Å². The number of Topliss-reactive ketones (excluding diaryl/α,β-unsaturated/α-hetero) is 1. The molecule has 0 aliphatic heterocycles. The minimum atomic E-state index is -3.40. The molecule has 0 radical (unpaired) electrons. The Morgan fingerprint density at radius 2 is 1.93 bits per heavy atom. The van der Waals surface area contributed by atoms with Crippen LogP contribution in [-0.2, 0) is 5.54 Å². The van der Waals surface area contributed by atoms with Crippen molar-refractivity contribution < 1.29 is 27.2 Å². The number of halogens is 4. The highest BCUT2D eigenvalue weighted by atomic mass is 19.3. The summed E-state index contributed by atoms with van der Waals surface area (Å²) in [7, 11) is 0. The molecule has 1 aliphatic carbocycles. The molecular formula is C16H13F4N5O2. The zero-order valence-electron chi connectivity index (χ0n) is 13.6. The van der Waals surface area contributed by atoms with Gasteiger partial charge in [0.15, 0.2) is 0 Å². The number of nitrogens with zero attached hydrogens (tertiary/aromatic N) is 2. The van der Waals surface area contributed by atoms with E-state index in [1.165, 1.54) is 6.07 Å². The van der Waals surface area contributed by atoms with E-state index in [1.807, 2.05) is 0 Å². The van der Waals surface area contributed by atoms with Crippen LogP contribution in [0.5, 0.6) is 0 Å². The molecule has 11 heteroatoms. The lowest BCUT2D eigenvalue weighted by Crippen LogP contribution is -2.33. The number of hydrogen-bond donors (Lipinski definition) is 3. The van der Waals surface area contributed by atoms with Gasteiger partial charge in [0, 0.05) is 17.8 Å². The summed E-state index contributed by atoms with van der Waals surface area (Å²) in [6.45, 7) is 0. The van der Waals surface area contributed by atoms with Crippen LogP contribution in [-0.4, -0.2) is 28.1 Å². The number of alkyl halides is 2. The molecule has 1 heterocycles. The number of hydrazine groups is 1. The lowest BCUT2D eigenvalue weighted by molar-refractivity contribution is 0.0669. The quantitative estimate of drug-likeness (QED) is 0.231. The number of hydrogen-bond acceptors (Lipinski definition) is 6. The van der Waals surface area contributed by atoms with Crippen LogP contribution in [0, 0.1) is 11.6 Å². The molecule has 3 rings (SSSR count). The van der Waals surface area contributed by atoms with E-state index in [9.17, 15) is 27.2 Å². The van der Waals surface area contributed by atoms with E-state index >= 15 is 0 Å². The van der Waals surface area contributed by atoms with Gasteiger partial charge in [-0.1, -0.05) is 6.07 Å². The standard InChI is InChI=1S/C16H13F4N5O2/c17-7-1-2-9(10(18)5-7)16(3-4-16)24-15-22-6-8(14(27)25-21)11(23-15)12(26)13(19)20/h1-2,5-6,13H,3-4,21H2,(H,25,27)(H,22,23,24). The molecule has 1 aliphatic rings. The summed E-state index contributed by atoms with van der Waals surface area (Å²) < 4.78 is 52.8. The Kier molecular flexibility index (Phi) is 4.79. The molecule has 4 N–H and O–H groups in total. The topological polar surface area (TPSA) is 110 Å². The largest absolute Gasteiger partial charge is 0.345 e. The zero-order valence-corrected chi connectivity index (χ0v) is 13.6. The van der Waals surface area contributed by atoms with Crippen LogP contribution >= 0.6 is 0 Å². The van der Waals surface area contributed by atoms with Crippen molar-refractivity contribution in [1.29, 1.82) is 0 Å². The van der Waals surface area contributed by atoms with Crippen molar-refractivity contribution in [3.63, 3.8) is 0 Å². The first kappa shape index (κ1) is 18.7. The molecular weight excluding hydrogens is 370 g/mol. The average Bonchev–Trinajstić information content (AvgIpc) is 3.40. The van der Waals surface area contributed by atoms with Crippen molar-refractivity contribution in [3.05, 3.63) is 52.9 Å². The lowest BCUT2D eigenvalue weighted by Gasteiger charge is -2.19. The molecule has 0 spiro atoms. The first-order valence-electron chi connectivity index (χ1n) is 7.71. The Hall–Kier alpha value is -3.08. The van der Waals surface area contributed by atoms with E-state index in [0.717, 1.165) is 18.3 Å². The number of benzene rings is 1. The van der Waals surface area contributed by atoms with Gasteiger partial charge in [0.05, 0.1) is 11.1 Å². The van der Waals surface area contributed by atoms with Crippen molar-refractivity contribution >= 4 is 17.6 Å². The normalized spacial score (nSPS) is 14.7. The molecule has 7 nitrogen and oxygen atoms in total. The first-order valence-corrected chi connectivity index (χ1v) is 7.71. The van der Waals surface area contributed by atoms with E-state index in [-0.39, 0.29) is 11.5 Å². The number of nitrogen functional groups attached to an aromatic ring is 1. The van der Waals surface area contributed by atoms with Crippen molar-refractivity contribution in [1.82, 2.24) is 15.4 Å². The van der Waals surface area contributed by atoms with Gasteiger partial charge in [0.25, 0.3) is 5.91 Å².